The van der Waals surface area contributed by atoms with Gasteiger partial charge in [-0.3, -0.25) is 19.7 Å². The summed E-state index contributed by atoms with van der Waals surface area (Å²) in [7, 11) is 1.42. The average molecular weight is 337 g/mol. The highest BCUT2D eigenvalue weighted by Gasteiger charge is 2.28. The molecule has 0 radical (unpaired) electrons. The molecule has 1 saturated heterocycles. The first-order valence-corrected chi connectivity index (χ1v) is 7.41. The largest absolute Gasteiger partial charge is 0.496 e. The number of nitrogens with one attached hydrogen (secondary N) is 1. The Morgan fingerprint density at radius 2 is 2.29 bits per heavy atom. The number of ether oxygens (including phenoxy) is 2. The number of benzene rings is 1. The first kappa shape index (κ1) is 17.7. The zero-order valence-electron chi connectivity index (χ0n) is 13.2. The Bertz CT molecular complexity index is 642. The monoisotopic (exact) mass is 337 g/mol. The topological polar surface area (TPSA) is 134 Å². The first-order valence-electron chi connectivity index (χ1n) is 7.41. The molecule has 2 rings (SSSR count). The van der Waals surface area contributed by atoms with Crippen LogP contribution in [0.4, 0.5) is 5.69 Å². The highest BCUT2D eigenvalue weighted by molar-refractivity contribution is 5.88. The van der Waals surface area contributed by atoms with Crippen molar-refractivity contribution in [2.45, 2.75) is 18.9 Å². The van der Waals surface area contributed by atoms with Gasteiger partial charge in [-0.15, -0.1) is 0 Å². The molecule has 1 aromatic rings. The number of hydrogen-bond donors (Lipinski definition) is 2. The molecule has 1 aliphatic heterocycles. The molecule has 9 nitrogen and oxygen atoms in total. The molecule has 0 spiro atoms. The summed E-state index contributed by atoms with van der Waals surface area (Å²) in [5.74, 6) is -0.985. The van der Waals surface area contributed by atoms with Crippen LogP contribution >= 0.6 is 0 Å². The summed E-state index contributed by atoms with van der Waals surface area (Å²) in [6, 6.07) is 3.06. The molecule has 130 valence electrons. The van der Waals surface area contributed by atoms with Crippen LogP contribution in [-0.2, 0) is 20.7 Å². The molecular weight excluding hydrogens is 318 g/mol. The number of nitrogens with two attached hydrogens (primary N) is 1. The van der Waals surface area contributed by atoms with Crippen molar-refractivity contribution in [3.05, 3.63) is 33.9 Å². The lowest BCUT2D eigenvalue weighted by atomic mass is 10.0. The van der Waals surface area contributed by atoms with E-state index in [1.807, 2.05) is 0 Å². The Hall–Kier alpha value is -2.68. The van der Waals surface area contributed by atoms with Crippen LogP contribution in [0.15, 0.2) is 18.2 Å². The molecular formula is C15H19N3O6. The molecule has 0 aromatic heterocycles. The SMILES string of the molecule is COc1ccc([N+](=O)[O-])cc1C[C@H](NC(=O)[C@@H]1CCOC1)C(N)=O. The smallest absolute Gasteiger partial charge is 0.269 e. The third-order valence-electron chi connectivity index (χ3n) is 3.86. The number of hydrogen-bond acceptors (Lipinski definition) is 6. The molecule has 1 fully saturated rings. The van der Waals surface area contributed by atoms with Crippen LogP contribution in [0, 0.1) is 16.0 Å². The van der Waals surface area contributed by atoms with Crippen molar-refractivity contribution in [2.24, 2.45) is 11.7 Å². The summed E-state index contributed by atoms with van der Waals surface area (Å²) >= 11 is 0. The van der Waals surface area contributed by atoms with Gasteiger partial charge in [-0.05, 0) is 12.5 Å². The van der Waals surface area contributed by atoms with Crippen molar-refractivity contribution in [3.63, 3.8) is 0 Å². The number of methoxy groups -OCH3 is 1. The molecule has 0 aliphatic carbocycles. The lowest BCUT2D eigenvalue weighted by Crippen LogP contribution is -2.48. The molecule has 9 heteroatoms. The van der Waals surface area contributed by atoms with Crippen LogP contribution in [0.5, 0.6) is 5.75 Å². The van der Waals surface area contributed by atoms with E-state index in [-0.39, 0.29) is 23.9 Å². The van der Waals surface area contributed by atoms with Gasteiger partial charge in [-0.1, -0.05) is 0 Å². The van der Waals surface area contributed by atoms with E-state index in [0.717, 1.165) is 0 Å². The number of carbonyl (C=O) groups excluding carboxylic acids is 2. The number of amides is 2. The van der Waals surface area contributed by atoms with E-state index in [2.05, 4.69) is 5.32 Å². The van der Waals surface area contributed by atoms with E-state index in [4.69, 9.17) is 15.2 Å². The van der Waals surface area contributed by atoms with E-state index in [9.17, 15) is 19.7 Å². The Kier molecular flexibility index (Phi) is 5.69. The standard InChI is InChI=1S/C15H19N3O6/c1-23-13-3-2-11(18(21)22)6-10(13)7-12(14(16)19)17-15(20)9-4-5-24-8-9/h2-3,6,9,12H,4-5,7-8H2,1H3,(H2,16,19)(H,17,20)/t9-,12+/m1/s1. The van der Waals surface area contributed by atoms with Crippen LogP contribution in [0.1, 0.15) is 12.0 Å². The minimum atomic E-state index is -0.992. The fraction of sp³-hybridized carbons (Fsp3) is 0.467. The summed E-state index contributed by atoms with van der Waals surface area (Å²) < 4.78 is 10.3. The van der Waals surface area contributed by atoms with E-state index < -0.39 is 16.9 Å². The minimum Gasteiger partial charge on any atom is -0.496 e. The number of carbonyl (C=O) groups is 2. The molecule has 2 amide bonds. The van der Waals surface area contributed by atoms with E-state index >= 15 is 0 Å². The second-order valence-electron chi connectivity index (χ2n) is 5.48. The number of rotatable bonds is 7. The van der Waals surface area contributed by atoms with Crippen molar-refractivity contribution >= 4 is 17.5 Å². The molecule has 0 saturated carbocycles. The number of primary amides is 1. The van der Waals surface area contributed by atoms with Crippen molar-refractivity contribution in [3.8, 4) is 5.75 Å². The molecule has 1 heterocycles. The van der Waals surface area contributed by atoms with Gasteiger partial charge in [0, 0.05) is 30.7 Å². The summed E-state index contributed by atoms with van der Waals surface area (Å²) in [5.41, 5.74) is 5.64. The van der Waals surface area contributed by atoms with Gasteiger partial charge < -0.3 is 20.5 Å². The second kappa shape index (κ2) is 7.73. The van der Waals surface area contributed by atoms with Gasteiger partial charge in [0.05, 0.1) is 24.6 Å². The number of nitro benzene ring substituents is 1. The second-order valence-corrected chi connectivity index (χ2v) is 5.48. The van der Waals surface area contributed by atoms with Crippen LogP contribution in [0.3, 0.4) is 0 Å². The lowest BCUT2D eigenvalue weighted by molar-refractivity contribution is -0.384. The van der Waals surface area contributed by atoms with Gasteiger partial charge in [0.15, 0.2) is 0 Å². The number of nitro groups is 1. The maximum Gasteiger partial charge on any atom is 0.269 e. The van der Waals surface area contributed by atoms with Gasteiger partial charge in [-0.25, -0.2) is 0 Å². The van der Waals surface area contributed by atoms with Crippen LogP contribution in [0.25, 0.3) is 0 Å². The van der Waals surface area contributed by atoms with Gasteiger partial charge in [0.1, 0.15) is 11.8 Å². The molecule has 0 bridgehead atoms. The predicted octanol–water partition coefficient (Wildman–Crippen LogP) is 0.152. The molecule has 0 unspecified atom stereocenters. The summed E-state index contributed by atoms with van der Waals surface area (Å²) in [6.07, 6.45) is 0.580. The fourth-order valence-electron chi connectivity index (χ4n) is 2.51. The zero-order chi connectivity index (χ0) is 17.7. The fourth-order valence-corrected chi connectivity index (χ4v) is 2.51. The van der Waals surface area contributed by atoms with E-state index in [0.29, 0.717) is 30.9 Å². The van der Waals surface area contributed by atoms with Crippen molar-refractivity contribution in [1.82, 2.24) is 5.32 Å². The van der Waals surface area contributed by atoms with E-state index in [1.54, 1.807) is 0 Å². The molecule has 2 atom stereocenters. The zero-order valence-corrected chi connectivity index (χ0v) is 13.2. The maximum absolute atomic E-state index is 12.1. The third-order valence-corrected chi connectivity index (χ3v) is 3.86. The van der Waals surface area contributed by atoms with Gasteiger partial charge in [0.25, 0.3) is 5.69 Å². The molecule has 1 aliphatic rings. The Morgan fingerprint density at radius 1 is 1.54 bits per heavy atom. The number of nitrogens with zero attached hydrogens (tertiary/aromatic N) is 1. The van der Waals surface area contributed by atoms with Gasteiger partial charge in [-0.2, -0.15) is 0 Å². The Morgan fingerprint density at radius 3 is 2.83 bits per heavy atom. The molecule has 3 N–H and O–H groups in total. The third kappa shape index (κ3) is 4.19. The van der Waals surface area contributed by atoms with Gasteiger partial charge in [0.2, 0.25) is 11.8 Å². The highest BCUT2D eigenvalue weighted by atomic mass is 16.6. The first-order chi connectivity index (χ1) is 11.4. The normalized spacial score (nSPS) is 18.0. The van der Waals surface area contributed by atoms with Crippen molar-refractivity contribution in [2.75, 3.05) is 20.3 Å². The molecule has 24 heavy (non-hydrogen) atoms. The molecule has 1 aromatic carbocycles. The van der Waals surface area contributed by atoms with Gasteiger partial charge >= 0.3 is 0 Å². The van der Waals surface area contributed by atoms with Crippen molar-refractivity contribution < 1.29 is 24.0 Å². The van der Waals surface area contributed by atoms with Crippen LogP contribution in [-0.4, -0.2) is 43.1 Å². The van der Waals surface area contributed by atoms with E-state index in [1.165, 1.54) is 25.3 Å². The number of non-ortho nitro benzene ring substituents is 1. The predicted molar refractivity (Wildman–Crippen MR) is 83.4 cm³/mol. The lowest BCUT2D eigenvalue weighted by Gasteiger charge is -2.19. The summed E-state index contributed by atoms with van der Waals surface area (Å²) in [4.78, 5) is 34.2. The Labute approximate surface area is 138 Å². The maximum atomic E-state index is 12.1. The quantitative estimate of drug-likeness (QED) is 0.537. The minimum absolute atomic E-state index is 0.000492. The van der Waals surface area contributed by atoms with Crippen molar-refractivity contribution in [1.29, 1.82) is 0 Å². The summed E-state index contributed by atoms with van der Waals surface area (Å²) in [6.45, 7) is 0.801. The highest BCUT2D eigenvalue weighted by Crippen LogP contribution is 2.25. The van der Waals surface area contributed by atoms with Crippen LogP contribution < -0.4 is 15.8 Å². The summed E-state index contributed by atoms with van der Waals surface area (Å²) in [5, 5.41) is 13.5. The average Bonchev–Trinajstić information content (AvgIpc) is 3.08. The van der Waals surface area contributed by atoms with Crippen LogP contribution in [0.2, 0.25) is 0 Å². The Balaban J connectivity index is 2.17.